The molecule has 2 rings (SSSR count). The maximum Gasteiger partial charge on any atom is 0.0810 e. The van der Waals surface area contributed by atoms with E-state index in [0.29, 0.717) is 6.04 Å². The Hall–Kier alpha value is -0.380. The third kappa shape index (κ3) is 3.30. The summed E-state index contributed by atoms with van der Waals surface area (Å²) in [5.41, 5.74) is 0.0122. The van der Waals surface area contributed by atoms with Crippen LogP contribution >= 0.6 is 11.3 Å². The standard InChI is InChI=1S/C14H23NOS/c1-3-15-13(11-12-7-6-10-17-12)14(2)8-4-5-9-16-14/h6-7,10,13,15H,3-5,8-9,11H2,1-2H3. The second-order valence-electron chi connectivity index (χ2n) is 5.01. The summed E-state index contributed by atoms with van der Waals surface area (Å²) in [6, 6.07) is 4.79. The first-order chi connectivity index (χ1) is 8.24. The number of likely N-dealkylation sites (N-methyl/N-ethyl adjacent to an activating group) is 1. The van der Waals surface area contributed by atoms with Crippen LogP contribution < -0.4 is 5.32 Å². The van der Waals surface area contributed by atoms with Gasteiger partial charge in [0.15, 0.2) is 0 Å². The Balaban J connectivity index is 2.04. The normalized spacial score (nSPS) is 26.9. The van der Waals surface area contributed by atoms with Crippen molar-refractivity contribution in [3.63, 3.8) is 0 Å². The molecule has 0 spiro atoms. The van der Waals surface area contributed by atoms with Crippen molar-refractivity contribution in [2.45, 2.75) is 51.2 Å². The molecule has 1 aromatic heterocycles. The van der Waals surface area contributed by atoms with Crippen LogP contribution in [0.25, 0.3) is 0 Å². The van der Waals surface area contributed by atoms with Gasteiger partial charge in [0, 0.05) is 17.5 Å². The summed E-state index contributed by atoms with van der Waals surface area (Å²) < 4.78 is 6.07. The highest BCUT2D eigenvalue weighted by molar-refractivity contribution is 7.09. The number of thiophene rings is 1. The highest BCUT2D eigenvalue weighted by atomic mass is 32.1. The van der Waals surface area contributed by atoms with Gasteiger partial charge in [0.1, 0.15) is 0 Å². The van der Waals surface area contributed by atoms with Crippen molar-refractivity contribution in [3.8, 4) is 0 Å². The molecule has 0 aliphatic carbocycles. The molecule has 1 aliphatic heterocycles. The molecule has 0 bridgehead atoms. The third-order valence-corrected chi connectivity index (χ3v) is 4.57. The molecular weight excluding hydrogens is 230 g/mol. The van der Waals surface area contributed by atoms with Crippen LogP contribution in [0.3, 0.4) is 0 Å². The summed E-state index contributed by atoms with van der Waals surface area (Å²) >= 11 is 1.84. The lowest BCUT2D eigenvalue weighted by atomic mass is 9.86. The SMILES string of the molecule is CCNC(Cc1cccs1)C1(C)CCCCO1. The van der Waals surface area contributed by atoms with E-state index >= 15 is 0 Å². The number of rotatable bonds is 5. The van der Waals surface area contributed by atoms with Crippen LogP contribution in [-0.4, -0.2) is 24.8 Å². The fraction of sp³-hybridized carbons (Fsp3) is 0.714. The Kier molecular flexibility index (Phi) is 4.60. The molecule has 2 heterocycles. The Morgan fingerprint density at radius 2 is 2.41 bits per heavy atom. The molecule has 2 atom stereocenters. The van der Waals surface area contributed by atoms with Gasteiger partial charge in [-0.05, 0) is 50.6 Å². The molecule has 0 aromatic carbocycles. The fourth-order valence-corrected chi connectivity index (χ4v) is 3.36. The van der Waals surface area contributed by atoms with E-state index in [1.807, 2.05) is 11.3 Å². The summed E-state index contributed by atoms with van der Waals surface area (Å²) in [5, 5.41) is 5.77. The van der Waals surface area contributed by atoms with Crippen molar-refractivity contribution >= 4 is 11.3 Å². The van der Waals surface area contributed by atoms with Gasteiger partial charge < -0.3 is 10.1 Å². The zero-order chi connectivity index (χ0) is 12.1. The summed E-state index contributed by atoms with van der Waals surface area (Å²) in [5.74, 6) is 0. The molecular formula is C14H23NOS. The average Bonchev–Trinajstić information content (AvgIpc) is 2.82. The maximum atomic E-state index is 6.07. The van der Waals surface area contributed by atoms with E-state index in [9.17, 15) is 0 Å². The first-order valence-electron chi connectivity index (χ1n) is 6.64. The highest BCUT2D eigenvalue weighted by Gasteiger charge is 2.36. The van der Waals surface area contributed by atoms with Gasteiger partial charge in [0.25, 0.3) is 0 Å². The van der Waals surface area contributed by atoms with Crippen LogP contribution in [0.1, 0.15) is 38.0 Å². The number of nitrogens with one attached hydrogen (secondary N) is 1. The van der Waals surface area contributed by atoms with Crippen molar-refractivity contribution in [2.75, 3.05) is 13.2 Å². The molecule has 0 amide bonds. The quantitative estimate of drug-likeness (QED) is 0.870. The van der Waals surface area contributed by atoms with Gasteiger partial charge in [-0.3, -0.25) is 0 Å². The van der Waals surface area contributed by atoms with Gasteiger partial charge in [-0.1, -0.05) is 13.0 Å². The maximum absolute atomic E-state index is 6.07. The minimum Gasteiger partial charge on any atom is -0.374 e. The van der Waals surface area contributed by atoms with Gasteiger partial charge >= 0.3 is 0 Å². The monoisotopic (exact) mass is 253 g/mol. The van der Waals surface area contributed by atoms with Crippen molar-refractivity contribution < 1.29 is 4.74 Å². The average molecular weight is 253 g/mol. The van der Waals surface area contributed by atoms with Gasteiger partial charge in [-0.25, -0.2) is 0 Å². The molecule has 1 N–H and O–H groups in total. The highest BCUT2D eigenvalue weighted by Crippen LogP contribution is 2.30. The van der Waals surface area contributed by atoms with Gasteiger partial charge in [-0.2, -0.15) is 0 Å². The van der Waals surface area contributed by atoms with Gasteiger partial charge in [-0.15, -0.1) is 11.3 Å². The number of ether oxygens (including phenoxy) is 1. The van der Waals surface area contributed by atoms with Crippen molar-refractivity contribution in [1.29, 1.82) is 0 Å². The summed E-state index contributed by atoms with van der Waals surface area (Å²) in [4.78, 5) is 1.45. The fourth-order valence-electron chi connectivity index (χ4n) is 2.61. The lowest BCUT2D eigenvalue weighted by Crippen LogP contribution is -2.53. The van der Waals surface area contributed by atoms with E-state index in [0.717, 1.165) is 19.6 Å². The summed E-state index contributed by atoms with van der Waals surface area (Å²) in [6.45, 7) is 6.37. The Morgan fingerprint density at radius 3 is 3.00 bits per heavy atom. The molecule has 2 unspecified atom stereocenters. The Bertz CT molecular complexity index is 317. The Labute approximate surface area is 108 Å². The summed E-state index contributed by atoms with van der Waals surface area (Å²) in [6.07, 6.45) is 4.77. The molecule has 96 valence electrons. The second-order valence-corrected chi connectivity index (χ2v) is 6.04. The molecule has 17 heavy (non-hydrogen) atoms. The van der Waals surface area contributed by atoms with Crippen molar-refractivity contribution in [3.05, 3.63) is 22.4 Å². The first-order valence-corrected chi connectivity index (χ1v) is 7.52. The zero-order valence-corrected chi connectivity index (χ0v) is 11.7. The molecule has 2 nitrogen and oxygen atoms in total. The molecule has 0 radical (unpaired) electrons. The van der Waals surface area contributed by atoms with E-state index in [4.69, 9.17) is 4.74 Å². The Morgan fingerprint density at radius 1 is 1.53 bits per heavy atom. The number of hydrogen-bond acceptors (Lipinski definition) is 3. The van der Waals surface area contributed by atoms with Crippen LogP contribution in [0, 0.1) is 0 Å². The van der Waals surface area contributed by atoms with E-state index in [1.54, 1.807) is 0 Å². The third-order valence-electron chi connectivity index (χ3n) is 3.67. The predicted molar refractivity (Wildman–Crippen MR) is 73.7 cm³/mol. The minimum absolute atomic E-state index is 0.0122. The largest absolute Gasteiger partial charge is 0.374 e. The van der Waals surface area contributed by atoms with Gasteiger partial charge in [0.2, 0.25) is 0 Å². The predicted octanol–water partition coefficient (Wildman–Crippen LogP) is 3.23. The van der Waals surface area contributed by atoms with E-state index in [2.05, 4.69) is 36.7 Å². The van der Waals surface area contributed by atoms with Crippen LogP contribution in [0.4, 0.5) is 0 Å². The van der Waals surface area contributed by atoms with Crippen molar-refractivity contribution in [2.24, 2.45) is 0 Å². The molecule has 1 aromatic rings. The molecule has 1 aliphatic rings. The lowest BCUT2D eigenvalue weighted by molar-refractivity contribution is -0.0879. The lowest BCUT2D eigenvalue weighted by Gasteiger charge is -2.41. The molecule has 0 saturated carbocycles. The summed E-state index contributed by atoms with van der Waals surface area (Å²) in [7, 11) is 0. The van der Waals surface area contributed by atoms with E-state index in [-0.39, 0.29) is 5.60 Å². The minimum atomic E-state index is 0.0122. The van der Waals surface area contributed by atoms with Crippen LogP contribution in [0.5, 0.6) is 0 Å². The van der Waals surface area contributed by atoms with Crippen molar-refractivity contribution in [1.82, 2.24) is 5.32 Å². The van der Waals surface area contributed by atoms with E-state index < -0.39 is 0 Å². The molecule has 1 saturated heterocycles. The molecule has 1 fully saturated rings. The first kappa shape index (κ1) is 13.1. The zero-order valence-electron chi connectivity index (χ0n) is 10.9. The number of hydrogen-bond donors (Lipinski definition) is 1. The van der Waals surface area contributed by atoms with Crippen LogP contribution in [0.15, 0.2) is 17.5 Å². The topological polar surface area (TPSA) is 21.3 Å². The van der Waals surface area contributed by atoms with Gasteiger partial charge in [0.05, 0.1) is 5.60 Å². The van der Waals surface area contributed by atoms with Crippen LogP contribution in [-0.2, 0) is 11.2 Å². The van der Waals surface area contributed by atoms with E-state index in [1.165, 1.54) is 24.1 Å². The molecule has 3 heteroatoms. The van der Waals surface area contributed by atoms with Crippen LogP contribution in [0.2, 0.25) is 0 Å². The smallest absolute Gasteiger partial charge is 0.0810 e. The second kappa shape index (κ2) is 5.98.